The lowest BCUT2D eigenvalue weighted by molar-refractivity contribution is 0.704. The Morgan fingerprint density at radius 2 is 1.45 bits per heavy atom. The van der Waals surface area contributed by atoms with Gasteiger partial charge in [-0.3, -0.25) is 0 Å². The van der Waals surface area contributed by atoms with E-state index in [1.54, 1.807) is 0 Å². The van der Waals surface area contributed by atoms with Gasteiger partial charge >= 0.3 is 0 Å². The van der Waals surface area contributed by atoms with Crippen molar-refractivity contribution in [1.82, 2.24) is 4.57 Å². The molecule has 0 bridgehead atoms. The highest BCUT2D eigenvalue weighted by Crippen LogP contribution is 2.16. The first-order chi connectivity index (χ1) is 9.72. The van der Waals surface area contributed by atoms with Crippen molar-refractivity contribution < 1.29 is 0 Å². The summed E-state index contributed by atoms with van der Waals surface area (Å²) in [5, 5.41) is 2.63. The molecule has 2 aromatic carbocycles. The highest BCUT2D eigenvalue weighted by atomic mass is 15.1. The van der Waals surface area contributed by atoms with E-state index in [4.69, 9.17) is 0 Å². The molecule has 1 aromatic heterocycles. The van der Waals surface area contributed by atoms with Crippen LogP contribution >= 0.6 is 0 Å². The van der Waals surface area contributed by atoms with Gasteiger partial charge in [0.05, 0.1) is 0 Å². The summed E-state index contributed by atoms with van der Waals surface area (Å²) in [5.41, 5.74) is 2.63. The fourth-order valence-electron chi connectivity index (χ4n) is 2.49. The SMILES string of the molecule is CN(C)c1ccc(CCn2cc3ccccc3c2)cc1. The molecular weight excluding hydrogens is 244 g/mol. The molecule has 0 N–H and O–H groups in total. The molecule has 0 spiro atoms. The van der Waals surface area contributed by atoms with Crippen LogP contribution in [0.3, 0.4) is 0 Å². The number of anilines is 1. The summed E-state index contributed by atoms with van der Waals surface area (Å²) in [6.45, 7) is 1.02. The summed E-state index contributed by atoms with van der Waals surface area (Å²) in [7, 11) is 4.14. The largest absolute Gasteiger partial charge is 0.378 e. The Hall–Kier alpha value is -2.22. The van der Waals surface area contributed by atoms with Crippen molar-refractivity contribution in [2.45, 2.75) is 13.0 Å². The standard InChI is InChI=1S/C18H20N2/c1-19(2)18-9-7-15(8-10-18)11-12-20-13-16-5-3-4-6-17(16)14-20/h3-10,13-14H,11-12H2,1-2H3. The first-order valence-electron chi connectivity index (χ1n) is 7.03. The second kappa shape index (κ2) is 5.41. The van der Waals surface area contributed by atoms with E-state index in [2.05, 4.69) is 84.5 Å². The smallest absolute Gasteiger partial charge is 0.0361 e. The Bertz CT molecular complexity index is 660. The summed E-state index contributed by atoms with van der Waals surface area (Å²) in [6, 6.07) is 17.3. The maximum atomic E-state index is 2.28. The lowest BCUT2D eigenvalue weighted by Gasteiger charge is -2.12. The number of hydrogen-bond acceptors (Lipinski definition) is 1. The second-order valence-electron chi connectivity index (χ2n) is 5.44. The molecule has 0 radical (unpaired) electrons. The molecule has 0 saturated heterocycles. The molecule has 2 heteroatoms. The average Bonchev–Trinajstić information content (AvgIpc) is 2.88. The Morgan fingerprint density at radius 1 is 0.850 bits per heavy atom. The van der Waals surface area contributed by atoms with Gasteiger partial charge in [0.1, 0.15) is 0 Å². The average molecular weight is 264 g/mol. The van der Waals surface area contributed by atoms with Gasteiger partial charge < -0.3 is 9.47 Å². The monoisotopic (exact) mass is 264 g/mol. The first kappa shape index (κ1) is 12.8. The Kier molecular flexibility index (Phi) is 3.46. The predicted octanol–water partition coefficient (Wildman–Crippen LogP) is 3.95. The maximum Gasteiger partial charge on any atom is 0.0361 e. The van der Waals surface area contributed by atoms with Gasteiger partial charge in [-0.15, -0.1) is 0 Å². The zero-order chi connectivity index (χ0) is 13.9. The summed E-state index contributed by atoms with van der Waals surface area (Å²) in [4.78, 5) is 2.13. The quantitative estimate of drug-likeness (QED) is 0.692. The minimum atomic E-state index is 1.02. The molecule has 0 amide bonds. The molecule has 0 saturated carbocycles. The number of rotatable bonds is 4. The Labute approximate surface area is 120 Å². The third-order valence-corrected chi connectivity index (χ3v) is 3.72. The van der Waals surface area contributed by atoms with E-state index in [-0.39, 0.29) is 0 Å². The van der Waals surface area contributed by atoms with Crippen LogP contribution in [0.1, 0.15) is 5.56 Å². The van der Waals surface area contributed by atoms with E-state index in [0.29, 0.717) is 0 Å². The highest BCUT2D eigenvalue weighted by molar-refractivity contribution is 5.82. The molecule has 0 atom stereocenters. The van der Waals surface area contributed by atoms with Crippen molar-refractivity contribution in [1.29, 1.82) is 0 Å². The number of aryl methyl sites for hydroxylation is 2. The van der Waals surface area contributed by atoms with Crippen LogP contribution in [0.5, 0.6) is 0 Å². The van der Waals surface area contributed by atoms with Crippen molar-refractivity contribution in [3.8, 4) is 0 Å². The van der Waals surface area contributed by atoms with E-state index in [1.807, 2.05) is 0 Å². The van der Waals surface area contributed by atoms with E-state index < -0.39 is 0 Å². The van der Waals surface area contributed by atoms with Crippen LogP contribution in [0.2, 0.25) is 0 Å². The van der Waals surface area contributed by atoms with Gasteiger partial charge in [0.25, 0.3) is 0 Å². The van der Waals surface area contributed by atoms with Crippen LogP contribution < -0.4 is 4.90 Å². The molecule has 0 fully saturated rings. The first-order valence-corrected chi connectivity index (χ1v) is 7.03. The van der Waals surface area contributed by atoms with Gasteiger partial charge in [-0.05, 0) is 34.9 Å². The molecule has 102 valence electrons. The third kappa shape index (κ3) is 2.69. The molecule has 3 aromatic rings. The third-order valence-electron chi connectivity index (χ3n) is 3.72. The lowest BCUT2D eigenvalue weighted by Crippen LogP contribution is -2.08. The molecule has 1 heterocycles. The summed E-state index contributed by atoms with van der Waals surface area (Å²) < 4.78 is 2.28. The molecule has 0 aliphatic rings. The van der Waals surface area contributed by atoms with Crippen LogP contribution in [0.4, 0.5) is 5.69 Å². The fraction of sp³-hybridized carbons (Fsp3) is 0.222. The van der Waals surface area contributed by atoms with Gasteiger partial charge in [-0.25, -0.2) is 0 Å². The number of aromatic nitrogens is 1. The highest BCUT2D eigenvalue weighted by Gasteiger charge is 2.00. The van der Waals surface area contributed by atoms with E-state index in [1.165, 1.54) is 22.0 Å². The van der Waals surface area contributed by atoms with E-state index in [0.717, 1.165) is 13.0 Å². The molecule has 20 heavy (non-hydrogen) atoms. The van der Waals surface area contributed by atoms with Crippen LogP contribution in [-0.4, -0.2) is 18.7 Å². The minimum absolute atomic E-state index is 1.02. The minimum Gasteiger partial charge on any atom is -0.378 e. The van der Waals surface area contributed by atoms with Gasteiger partial charge in [-0.1, -0.05) is 36.4 Å². The van der Waals surface area contributed by atoms with Crippen molar-refractivity contribution in [3.05, 3.63) is 66.5 Å². The summed E-state index contributed by atoms with van der Waals surface area (Å²) >= 11 is 0. The van der Waals surface area contributed by atoms with Crippen molar-refractivity contribution in [3.63, 3.8) is 0 Å². The number of fused-ring (bicyclic) bond motifs is 1. The lowest BCUT2D eigenvalue weighted by atomic mass is 10.1. The molecular formula is C18H20N2. The van der Waals surface area contributed by atoms with Gasteiger partial charge in [0.2, 0.25) is 0 Å². The Morgan fingerprint density at radius 3 is 2.00 bits per heavy atom. The van der Waals surface area contributed by atoms with Crippen molar-refractivity contribution in [2.75, 3.05) is 19.0 Å². The fourth-order valence-corrected chi connectivity index (χ4v) is 2.49. The zero-order valence-electron chi connectivity index (χ0n) is 12.1. The van der Waals surface area contributed by atoms with Crippen LogP contribution in [-0.2, 0) is 13.0 Å². The number of hydrogen-bond donors (Lipinski definition) is 0. The molecule has 0 aliphatic heterocycles. The van der Waals surface area contributed by atoms with Crippen LogP contribution in [0, 0.1) is 0 Å². The number of benzene rings is 2. The molecule has 0 aliphatic carbocycles. The van der Waals surface area contributed by atoms with E-state index in [9.17, 15) is 0 Å². The van der Waals surface area contributed by atoms with Crippen molar-refractivity contribution in [2.24, 2.45) is 0 Å². The van der Waals surface area contributed by atoms with Gasteiger partial charge in [0.15, 0.2) is 0 Å². The molecule has 3 rings (SSSR count). The second-order valence-corrected chi connectivity index (χ2v) is 5.44. The van der Waals surface area contributed by atoms with Crippen LogP contribution in [0.25, 0.3) is 10.8 Å². The summed E-state index contributed by atoms with van der Waals surface area (Å²) in [5.74, 6) is 0. The van der Waals surface area contributed by atoms with Gasteiger partial charge in [0, 0.05) is 38.7 Å². The predicted molar refractivity (Wildman–Crippen MR) is 86.4 cm³/mol. The summed E-state index contributed by atoms with van der Waals surface area (Å²) in [6.07, 6.45) is 5.52. The zero-order valence-corrected chi connectivity index (χ0v) is 12.1. The molecule has 2 nitrogen and oxygen atoms in total. The van der Waals surface area contributed by atoms with Crippen LogP contribution in [0.15, 0.2) is 60.9 Å². The Balaban J connectivity index is 1.69. The normalized spacial score (nSPS) is 10.9. The van der Waals surface area contributed by atoms with E-state index >= 15 is 0 Å². The van der Waals surface area contributed by atoms with Crippen molar-refractivity contribution >= 4 is 16.5 Å². The van der Waals surface area contributed by atoms with Gasteiger partial charge in [-0.2, -0.15) is 0 Å². The topological polar surface area (TPSA) is 8.17 Å². The number of nitrogens with zero attached hydrogens (tertiary/aromatic N) is 2. The molecule has 0 unspecified atom stereocenters. The maximum absolute atomic E-state index is 2.28.